The van der Waals surface area contributed by atoms with Crippen molar-refractivity contribution in [1.29, 1.82) is 0 Å². The quantitative estimate of drug-likeness (QED) is 0.504. The van der Waals surface area contributed by atoms with Gasteiger partial charge >= 0.3 is 5.97 Å². The zero-order valence-corrected chi connectivity index (χ0v) is 8.00. The highest BCUT2D eigenvalue weighted by atomic mass is 16.6. The maximum Gasteiger partial charge on any atom is 0.331 e. The molecular weight excluding hydrogens is 156 g/mol. The Morgan fingerprint density at radius 1 is 1.50 bits per heavy atom. The molecule has 0 rings (SSSR count). The zero-order chi connectivity index (χ0) is 9.78. The molecule has 3 heteroatoms. The van der Waals surface area contributed by atoms with Crippen LogP contribution in [-0.4, -0.2) is 22.8 Å². The van der Waals surface area contributed by atoms with Crippen molar-refractivity contribution in [1.82, 2.24) is 0 Å². The van der Waals surface area contributed by atoms with Crippen molar-refractivity contribution in [2.45, 2.75) is 39.4 Å². The molecule has 0 saturated heterocycles. The summed E-state index contributed by atoms with van der Waals surface area (Å²) in [4.78, 5) is 10.9. The fourth-order valence-electron chi connectivity index (χ4n) is 0.554. The van der Waals surface area contributed by atoms with Gasteiger partial charge in [0.05, 0.1) is 6.10 Å². The van der Waals surface area contributed by atoms with E-state index in [2.05, 4.69) is 0 Å². The van der Waals surface area contributed by atoms with Crippen molar-refractivity contribution in [2.75, 3.05) is 0 Å². The van der Waals surface area contributed by atoms with E-state index in [9.17, 15) is 4.79 Å². The van der Waals surface area contributed by atoms with Gasteiger partial charge < -0.3 is 9.84 Å². The molecule has 0 heterocycles. The van der Waals surface area contributed by atoms with E-state index < -0.39 is 17.7 Å². The normalized spacial score (nSPS) is 14.8. The average Bonchev–Trinajstić information content (AvgIpc) is 1.79. The Hall–Kier alpha value is -0.830. The fraction of sp³-hybridized carbons (Fsp3) is 0.667. The van der Waals surface area contributed by atoms with Crippen LogP contribution in [0.5, 0.6) is 0 Å². The van der Waals surface area contributed by atoms with E-state index in [1.807, 2.05) is 0 Å². The maximum absolute atomic E-state index is 10.9. The smallest absolute Gasteiger partial charge is 0.331 e. The molecule has 0 aromatic carbocycles. The number of ether oxygens (including phenoxy) is 1. The summed E-state index contributed by atoms with van der Waals surface area (Å²) in [5.41, 5.74) is -0.472. The van der Waals surface area contributed by atoms with Crippen molar-refractivity contribution < 1.29 is 14.6 Å². The molecule has 0 aliphatic rings. The van der Waals surface area contributed by atoms with Crippen molar-refractivity contribution in [3.05, 3.63) is 12.2 Å². The standard InChI is InChI=1S/C9H16O3/c1-7(10)5-6-8(11)12-9(2,3)4/h5-7,10H,1-4H3/t7-/m0/s1. The van der Waals surface area contributed by atoms with Gasteiger partial charge in [-0.05, 0) is 33.8 Å². The van der Waals surface area contributed by atoms with Crippen LogP contribution >= 0.6 is 0 Å². The minimum Gasteiger partial charge on any atom is -0.457 e. The Kier molecular flexibility index (Phi) is 3.96. The first-order chi connectivity index (χ1) is 5.31. The lowest BCUT2D eigenvalue weighted by atomic mass is 10.2. The third-order valence-corrected chi connectivity index (χ3v) is 0.918. The molecule has 3 nitrogen and oxygen atoms in total. The first-order valence-electron chi connectivity index (χ1n) is 3.90. The largest absolute Gasteiger partial charge is 0.457 e. The van der Waals surface area contributed by atoms with Crippen LogP contribution in [0.2, 0.25) is 0 Å². The zero-order valence-electron chi connectivity index (χ0n) is 8.00. The summed E-state index contributed by atoms with van der Waals surface area (Å²) in [6.45, 7) is 6.95. The average molecular weight is 172 g/mol. The predicted molar refractivity (Wildman–Crippen MR) is 46.7 cm³/mol. The summed E-state index contributed by atoms with van der Waals surface area (Å²) in [5, 5.41) is 8.80. The minimum absolute atomic E-state index is 0.427. The molecule has 1 atom stereocenters. The lowest BCUT2D eigenvalue weighted by Gasteiger charge is -2.17. The highest BCUT2D eigenvalue weighted by Gasteiger charge is 2.13. The monoisotopic (exact) mass is 172 g/mol. The number of aliphatic hydroxyl groups is 1. The van der Waals surface area contributed by atoms with Gasteiger partial charge in [0.15, 0.2) is 0 Å². The Balaban J connectivity index is 3.91. The van der Waals surface area contributed by atoms with E-state index >= 15 is 0 Å². The van der Waals surface area contributed by atoms with Gasteiger partial charge in [-0.25, -0.2) is 4.79 Å². The van der Waals surface area contributed by atoms with Crippen LogP contribution < -0.4 is 0 Å². The summed E-state index contributed by atoms with van der Waals surface area (Å²) in [6, 6.07) is 0. The molecule has 0 unspecified atom stereocenters. The van der Waals surface area contributed by atoms with Crippen molar-refractivity contribution in [3.63, 3.8) is 0 Å². The molecule has 0 radical (unpaired) electrons. The van der Waals surface area contributed by atoms with Crippen molar-refractivity contribution in [3.8, 4) is 0 Å². The van der Waals surface area contributed by atoms with E-state index in [1.54, 1.807) is 27.7 Å². The lowest BCUT2D eigenvalue weighted by Crippen LogP contribution is -2.22. The fourth-order valence-corrected chi connectivity index (χ4v) is 0.554. The molecule has 0 saturated carbocycles. The molecule has 12 heavy (non-hydrogen) atoms. The van der Waals surface area contributed by atoms with E-state index in [-0.39, 0.29) is 0 Å². The van der Waals surface area contributed by atoms with Crippen LogP contribution in [0.4, 0.5) is 0 Å². The van der Waals surface area contributed by atoms with Crippen LogP contribution in [0.15, 0.2) is 12.2 Å². The molecule has 0 aliphatic carbocycles. The summed E-state index contributed by atoms with van der Waals surface area (Å²) in [6.07, 6.45) is 2.00. The first kappa shape index (κ1) is 11.2. The van der Waals surface area contributed by atoms with Gasteiger partial charge in [-0.1, -0.05) is 0 Å². The third-order valence-electron chi connectivity index (χ3n) is 0.918. The summed E-state index contributed by atoms with van der Waals surface area (Å²) in [7, 11) is 0. The molecule has 0 amide bonds. The second-order valence-corrected chi connectivity index (χ2v) is 3.63. The third kappa shape index (κ3) is 7.28. The van der Waals surface area contributed by atoms with Crippen LogP contribution in [0.1, 0.15) is 27.7 Å². The SMILES string of the molecule is C[C@H](O)C=CC(=O)OC(C)(C)C. The Morgan fingerprint density at radius 3 is 2.33 bits per heavy atom. The van der Waals surface area contributed by atoms with Gasteiger partial charge in [0.2, 0.25) is 0 Å². The number of aliphatic hydroxyl groups excluding tert-OH is 1. The first-order valence-corrected chi connectivity index (χ1v) is 3.90. The predicted octanol–water partition coefficient (Wildman–Crippen LogP) is 1.27. The van der Waals surface area contributed by atoms with E-state index in [0.29, 0.717) is 0 Å². The maximum atomic E-state index is 10.9. The summed E-state index contributed by atoms with van der Waals surface area (Å²) >= 11 is 0. The van der Waals surface area contributed by atoms with Gasteiger partial charge in [0, 0.05) is 6.08 Å². The molecule has 1 N–H and O–H groups in total. The highest BCUT2D eigenvalue weighted by molar-refractivity contribution is 5.82. The minimum atomic E-state index is -0.613. The highest BCUT2D eigenvalue weighted by Crippen LogP contribution is 2.07. The number of carbonyl (C=O) groups is 1. The molecule has 70 valence electrons. The number of hydrogen-bond donors (Lipinski definition) is 1. The van der Waals surface area contributed by atoms with Gasteiger partial charge in [-0.3, -0.25) is 0 Å². The van der Waals surface area contributed by atoms with Crippen molar-refractivity contribution >= 4 is 5.97 Å². The Bertz CT molecular complexity index is 175. The van der Waals surface area contributed by atoms with Crippen LogP contribution in [-0.2, 0) is 9.53 Å². The van der Waals surface area contributed by atoms with Gasteiger partial charge in [0.25, 0.3) is 0 Å². The van der Waals surface area contributed by atoms with Crippen LogP contribution in [0.3, 0.4) is 0 Å². The second-order valence-electron chi connectivity index (χ2n) is 3.63. The number of esters is 1. The van der Waals surface area contributed by atoms with E-state index in [4.69, 9.17) is 9.84 Å². The summed E-state index contributed by atoms with van der Waals surface area (Å²) in [5.74, 6) is -0.427. The lowest BCUT2D eigenvalue weighted by molar-refractivity contribution is -0.148. The second kappa shape index (κ2) is 4.26. The molecule has 0 bridgehead atoms. The number of carbonyl (C=O) groups excluding carboxylic acids is 1. The van der Waals surface area contributed by atoms with Gasteiger partial charge in [-0.2, -0.15) is 0 Å². The number of rotatable bonds is 2. The van der Waals surface area contributed by atoms with E-state index in [0.717, 1.165) is 0 Å². The van der Waals surface area contributed by atoms with Gasteiger partial charge in [0.1, 0.15) is 5.60 Å². The van der Waals surface area contributed by atoms with Gasteiger partial charge in [-0.15, -0.1) is 0 Å². The molecular formula is C9H16O3. The Labute approximate surface area is 73.0 Å². The Morgan fingerprint density at radius 2 is 2.00 bits per heavy atom. The van der Waals surface area contributed by atoms with E-state index in [1.165, 1.54) is 12.2 Å². The van der Waals surface area contributed by atoms with Crippen LogP contribution in [0, 0.1) is 0 Å². The topological polar surface area (TPSA) is 46.5 Å². The molecule has 0 aromatic heterocycles. The molecule has 0 aliphatic heterocycles. The molecule has 0 fully saturated rings. The molecule has 0 aromatic rings. The van der Waals surface area contributed by atoms with Crippen LogP contribution in [0.25, 0.3) is 0 Å². The van der Waals surface area contributed by atoms with Crippen molar-refractivity contribution in [2.24, 2.45) is 0 Å². The number of hydrogen-bond acceptors (Lipinski definition) is 3. The molecule has 0 spiro atoms. The summed E-state index contributed by atoms with van der Waals surface area (Å²) < 4.78 is 4.95.